The highest BCUT2D eigenvalue weighted by Crippen LogP contribution is 2.19. The Balaban J connectivity index is 3.01. The number of rotatable bonds is 6. The van der Waals surface area contributed by atoms with Crippen LogP contribution in [0.15, 0.2) is 18.2 Å². The van der Waals surface area contributed by atoms with Gasteiger partial charge in [0.15, 0.2) is 0 Å². The van der Waals surface area contributed by atoms with Crippen molar-refractivity contribution in [2.24, 2.45) is 0 Å². The summed E-state index contributed by atoms with van der Waals surface area (Å²) in [6.07, 6.45) is 1.61. The van der Waals surface area contributed by atoms with Crippen LogP contribution in [0, 0.1) is 5.82 Å². The lowest BCUT2D eigenvalue weighted by molar-refractivity contribution is 0.0622. The number of hydrogen-bond donors (Lipinski definition) is 1. The van der Waals surface area contributed by atoms with Crippen LogP contribution >= 0.6 is 11.6 Å². The van der Waals surface area contributed by atoms with Crippen LogP contribution in [0.2, 0.25) is 5.02 Å². The molecule has 0 aliphatic carbocycles. The zero-order chi connectivity index (χ0) is 14.4. The molecule has 1 amide bonds. The Morgan fingerprint density at radius 3 is 2.53 bits per heavy atom. The summed E-state index contributed by atoms with van der Waals surface area (Å²) in [5.41, 5.74) is 0.340. The molecule has 0 spiro atoms. The molecule has 0 bridgehead atoms. The van der Waals surface area contributed by atoms with Crippen molar-refractivity contribution in [1.29, 1.82) is 0 Å². The maximum Gasteiger partial charge on any atom is 0.254 e. The summed E-state index contributed by atoms with van der Waals surface area (Å²) in [4.78, 5) is 14.0. The average Bonchev–Trinajstić information content (AvgIpc) is 2.41. The summed E-state index contributed by atoms with van der Waals surface area (Å²) >= 11 is 5.69. The van der Waals surface area contributed by atoms with Gasteiger partial charge in [-0.2, -0.15) is 0 Å². The van der Waals surface area contributed by atoms with E-state index in [4.69, 9.17) is 16.7 Å². The van der Waals surface area contributed by atoms with E-state index >= 15 is 0 Å². The Kier molecular flexibility index (Phi) is 6.25. The van der Waals surface area contributed by atoms with Crippen LogP contribution in [0.4, 0.5) is 4.39 Å². The summed E-state index contributed by atoms with van der Waals surface area (Å²) in [6, 6.07) is 3.98. The normalized spacial score (nSPS) is 10.8. The van der Waals surface area contributed by atoms with E-state index in [0.29, 0.717) is 5.56 Å². The Morgan fingerprint density at radius 1 is 1.42 bits per heavy atom. The van der Waals surface area contributed by atoms with E-state index < -0.39 is 5.82 Å². The molecule has 1 aromatic carbocycles. The maximum atomic E-state index is 13.1. The first-order valence-corrected chi connectivity index (χ1v) is 6.79. The van der Waals surface area contributed by atoms with Crippen molar-refractivity contribution >= 4 is 17.5 Å². The van der Waals surface area contributed by atoms with E-state index in [1.165, 1.54) is 18.2 Å². The molecule has 0 unspecified atom stereocenters. The van der Waals surface area contributed by atoms with Crippen molar-refractivity contribution in [1.82, 2.24) is 4.90 Å². The number of aliphatic hydroxyl groups excluding tert-OH is 1. The highest BCUT2D eigenvalue weighted by Gasteiger charge is 2.22. The van der Waals surface area contributed by atoms with Crippen LogP contribution in [0.5, 0.6) is 0 Å². The molecule has 1 aromatic rings. The Bertz CT molecular complexity index is 435. The number of benzene rings is 1. The third-order valence-electron chi connectivity index (χ3n) is 3.15. The molecule has 0 aliphatic heterocycles. The van der Waals surface area contributed by atoms with Gasteiger partial charge in [0.1, 0.15) is 5.82 Å². The molecule has 0 atom stereocenters. The molecule has 0 saturated heterocycles. The van der Waals surface area contributed by atoms with E-state index in [0.717, 1.165) is 12.8 Å². The van der Waals surface area contributed by atoms with Crippen molar-refractivity contribution in [2.45, 2.75) is 32.7 Å². The first kappa shape index (κ1) is 15.9. The second-order valence-electron chi connectivity index (χ2n) is 4.32. The molecule has 0 aliphatic rings. The number of carbonyl (C=O) groups is 1. The molecule has 0 fully saturated rings. The summed E-state index contributed by atoms with van der Waals surface area (Å²) < 4.78 is 13.1. The minimum atomic E-state index is -0.547. The molecule has 19 heavy (non-hydrogen) atoms. The largest absolute Gasteiger partial charge is 0.395 e. The summed E-state index contributed by atoms with van der Waals surface area (Å²) in [5.74, 6) is -0.779. The van der Waals surface area contributed by atoms with Gasteiger partial charge in [-0.1, -0.05) is 25.4 Å². The number of nitrogens with zero attached hydrogens (tertiary/aromatic N) is 1. The third kappa shape index (κ3) is 3.91. The first-order valence-electron chi connectivity index (χ1n) is 6.42. The van der Waals surface area contributed by atoms with Gasteiger partial charge in [0, 0.05) is 18.2 Å². The van der Waals surface area contributed by atoms with E-state index in [1.54, 1.807) is 4.90 Å². The monoisotopic (exact) mass is 287 g/mol. The lowest BCUT2D eigenvalue weighted by atomic mass is 10.1. The fourth-order valence-electron chi connectivity index (χ4n) is 2.08. The van der Waals surface area contributed by atoms with Gasteiger partial charge in [-0.3, -0.25) is 4.79 Å². The topological polar surface area (TPSA) is 40.5 Å². The highest BCUT2D eigenvalue weighted by atomic mass is 35.5. The Morgan fingerprint density at radius 2 is 2.05 bits per heavy atom. The lowest BCUT2D eigenvalue weighted by Crippen LogP contribution is -2.41. The number of carbonyl (C=O) groups excluding carboxylic acids is 1. The summed E-state index contributed by atoms with van der Waals surface area (Å²) in [6.45, 7) is 4.14. The molecule has 3 nitrogen and oxygen atoms in total. The maximum absolute atomic E-state index is 13.1. The van der Waals surface area contributed by atoms with E-state index in [-0.39, 0.29) is 30.1 Å². The standard InChI is InChI=1S/C14H19ClFNO2/c1-3-11(4-2)17(7-8-18)14(19)10-5-6-13(16)12(15)9-10/h5-6,9,11,18H,3-4,7-8H2,1-2H3. The number of hydrogen-bond acceptors (Lipinski definition) is 2. The molecule has 1 rings (SSSR count). The molecule has 0 aromatic heterocycles. The SMILES string of the molecule is CCC(CC)N(CCO)C(=O)c1ccc(F)c(Cl)c1. The second-order valence-corrected chi connectivity index (χ2v) is 4.73. The van der Waals surface area contributed by atoms with Crippen LogP contribution < -0.4 is 0 Å². The van der Waals surface area contributed by atoms with Gasteiger partial charge in [-0.15, -0.1) is 0 Å². The molecular weight excluding hydrogens is 269 g/mol. The van der Waals surface area contributed by atoms with Crippen LogP contribution in [0.25, 0.3) is 0 Å². The molecule has 0 radical (unpaired) electrons. The van der Waals surface area contributed by atoms with Gasteiger partial charge in [0.05, 0.1) is 11.6 Å². The summed E-state index contributed by atoms with van der Waals surface area (Å²) in [5, 5.41) is 9.02. The van der Waals surface area contributed by atoms with Crippen molar-refractivity contribution in [2.75, 3.05) is 13.2 Å². The van der Waals surface area contributed by atoms with Gasteiger partial charge in [0.25, 0.3) is 5.91 Å². The molecule has 0 heterocycles. The molecule has 0 saturated carbocycles. The molecule has 5 heteroatoms. The van der Waals surface area contributed by atoms with Gasteiger partial charge >= 0.3 is 0 Å². The molecular formula is C14H19ClFNO2. The predicted octanol–water partition coefficient (Wildman–Crippen LogP) is 3.10. The van der Waals surface area contributed by atoms with Crippen LogP contribution in [0.3, 0.4) is 0 Å². The first-order chi connectivity index (χ1) is 9.04. The number of aliphatic hydroxyl groups is 1. The summed E-state index contributed by atoms with van der Waals surface area (Å²) in [7, 11) is 0. The van der Waals surface area contributed by atoms with Crippen molar-refractivity contribution in [3.63, 3.8) is 0 Å². The van der Waals surface area contributed by atoms with Gasteiger partial charge < -0.3 is 10.0 Å². The van der Waals surface area contributed by atoms with Crippen LogP contribution in [-0.2, 0) is 0 Å². The smallest absolute Gasteiger partial charge is 0.254 e. The van der Waals surface area contributed by atoms with Gasteiger partial charge in [-0.05, 0) is 31.0 Å². The second kappa shape index (κ2) is 7.46. The number of amides is 1. The lowest BCUT2D eigenvalue weighted by Gasteiger charge is -2.30. The van der Waals surface area contributed by atoms with Crippen LogP contribution in [-0.4, -0.2) is 35.1 Å². The average molecular weight is 288 g/mol. The van der Waals surface area contributed by atoms with Crippen LogP contribution in [0.1, 0.15) is 37.0 Å². The highest BCUT2D eigenvalue weighted by molar-refractivity contribution is 6.31. The Labute approximate surface area is 118 Å². The fourth-order valence-corrected chi connectivity index (χ4v) is 2.26. The van der Waals surface area contributed by atoms with Crippen molar-refractivity contribution < 1.29 is 14.3 Å². The third-order valence-corrected chi connectivity index (χ3v) is 3.44. The van der Waals surface area contributed by atoms with E-state index in [2.05, 4.69) is 0 Å². The van der Waals surface area contributed by atoms with Crippen molar-refractivity contribution in [3.8, 4) is 0 Å². The predicted molar refractivity (Wildman–Crippen MR) is 73.9 cm³/mol. The number of halogens is 2. The molecule has 1 N–H and O–H groups in total. The van der Waals surface area contributed by atoms with E-state index in [1.807, 2.05) is 13.8 Å². The van der Waals surface area contributed by atoms with Gasteiger partial charge in [0.2, 0.25) is 0 Å². The minimum Gasteiger partial charge on any atom is -0.395 e. The molecule has 106 valence electrons. The quantitative estimate of drug-likeness (QED) is 0.873. The van der Waals surface area contributed by atoms with Crippen molar-refractivity contribution in [3.05, 3.63) is 34.6 Å². The zero-order valence-corrected chi connectivity index (χ0v) is 12.0. The van der Waals surface area contributed by atoms with Gasteiger partial charge in [-0.25, -0.2) is 4.39 Å². The van der Waals surface area contributed by atoms with E-state index in [9.17, 15) is 9.18 Å². The zero-order valence-electron chi connectivity index (χ0n) is 11.2. The minimum absolute atomic E-state index is 0.0588. The Hall–Kier alpha value is -1.13. The fraction of sp³-hybridized carbons (Fsp3) is 0.500.